The maximum Gasteiger partial charge on any atom is 0.236 e. The number of carbonyl (C=O) groups excluding carboxylic acids is 2. The summed E-state index contributed by atoms with van der Waals surface area (Å²) >= 11 is 0. The summed E-state index contributed by atoms with van der Waals surface area (Å²) in [7, 11) is 0. The van der Waals surface area contributed by atoms with Crippen LogP contribution >= 0.6 is 0 Å². The third-order valence-corrected chi connectivity index (χ3v) is 6.84. The number of hydrogen-bond acceptors (Lipinski definition) is 3. The van der Waals surface area contributed by atoms with Gasteiger partial charge in [0.2, 0.25) is 5.91 Å². The van der Waals surface area contributed by atoms with E-state index in [9.17, 15) is 9.59 Å². The second kappa shape index (κ2) is 7.32. The number of Topliss-reactive ketones (excluding diaryl/α,β-unsaturated/α-hetero) is 1. The van der Waals surface area contributed by atoms with Gasteiger partial charge in [0.25, 0.3) is 0 Å². The summed E-state index contributed by atoms with van der Waals surface area (Å²) < 4.78 is 0. The van der Waals surface area contributed by atoms with Gasteiger partial charge in [-0.1, -0.05) is 30.3 Å². The van der Waals surface area contributed by atoms with Gasteiger partial charge in [0.05, 0.1) is 6.54 Å². The van der Waals surface area contributed by atoms with Crippen LogP contribution in [0.4, 0.5) is 0 Å². The first-order chi connectivity index (χ1) is 13.7. The highest BCUT2D eigenvalue weighted by Crippen LogP contribution is 2.34. The number of amides is 1. The lowest BCUT2D eigenvalue weighted by molar-refractivity contribution is -0.133. The molecule has 1 atom stereocenters. The Morgan fingerprint density at radius 1 is 0.929 bits per heavy atom. The molecular formula is C24H28N2O2. The molecule has 2 heterocycles. The van der Waals surface area contributed by atoms with Crippen molar-refractivity contribution in [1.82, 2.24) is 9.80 Å². The van der Waals surface area contributed by atoms with Crippen molar-refractivity contribution in [2.75, 3.05) is 32.7 Å². The predicted molar refractivity (Wildman–Crippen MR) is 111 cm³/mol. The third-order valence-electron chi connectivity index (χ3n) is 6.84. The van der Waals surface area contributed by atoms with Crippen molar-refractivity contribution in [2.24, 2.45) is 5.92 Å². The maximum atomic E-state index is 13.4. The Kier molecular flexibility index (Phi) is 4.67. The van der Waals surface area contributed by atoms with Crippen molar-refractivity contribution >= 4 is 22.5 Å². The highest BCUT2D eigenvalue weighted by molar-refractivity contribution is 6.11. The van der Waals surface area contributed by atoms with Gasteiger partial charge in [-0.2, -0.15) is 0 Å². The first-order valence-electron chi connectivity index (χ1n) is 10.8. The first kappa shape index (κ1) is 17.9. The minimum atomic E-state index is -0.0743. The molecule has 4 nitrogen and oxygen atoms in total. The van der Waals surface area contributed by atoms with E-state index < -0.39 is 0 Å². The minimum Gasteiger partial charge on any atom is -0.341 e. The Morgan fingerprint density at radius 3 is 2.54 bits per heavy atom. The number of aryl methyl sites for hydroxylation is 2. The molecule has 2 aliphatic heterocycles. The van der Waals surface area contributed by atoms with Gasteiger partial charge in [0.15, 0.2) is 5.78 Å². The normalized spacial score (nSPS) is 22.1. The number of likely N-dealkylation sites (tertiary alicyclic amines) is 2. The van der Waals surface area contributed by atoms with Crippen LogP contribution in [0.5, 0.6) is 0 Å². The lowest BCUT2D eigenvalue weighted by Crippen LogP contribution is -2.46. The molecule has 0 saturated carbocycles. The van der Waals surface area contributed by atoms with Gasteiger partial charge in [-0.25, -0.2) is 0 Å². The Balaban J connectivity index is 1.35. The largest absolute Gasteiger partial charge is 0.341 e. The molecular weight excluding hydrogens is 348 g/mol. The van der Waals surface area contributed by atoms with E-state index in [1.54, 1.807) is 0 Å². The van der Waals surface area contributed by atoms with Crippen molar-refractivity contribution in [3.05, 3.63) is 47.0 Å². The Labute approximate surface area is 166 Å². The molecule has 2 saturated heterocycles. The fraction of sp³-hybridized carbons (Fsp3) is 0.500. The summed E-state index contributed by atoms with van der Waals surface area (Å²) in [6.45, 7) is 3.95. The first-order valence-corrected chi connectivity index (χ1v) is 10.8. The van der Waals surface area contributed by atoms with Crippen LogP contribution in [0.1, 0.15) is 47.2 Å². The van der Waals surface area contributed by atoms with E-state index in [4.69, 9.17) is 0 Å². The summed E-state index contributed by atoms with van der Waals surface area (Å²) in [4.78, 5) is 30.3. The minimum absolute atomic E-state index is 0.0743. The lowest BCUT2D eigenvalue weighted by atomic mass is 9.87. The third kappa shape index (κ3) is 3.14. The summed E-state index contributed by atoms with van der Waals surface area (Å²) in [6.07, 6.45) is 6.34. The number of rotatable bonds is 4. The zero-order valence-corrected chi connectivity index (χ0v) is 16.5. The average Bonchev–Trinajstić information content (AvgIpc) is 3.39. The zero-order valence-electron chi connectivity index (χ0n) is 16.5. The fourth-order valence-electron chi connectivity index (χ4n) is 5.33. The molecule has 5 rings (SSSR count). The molecule has 2 aromatic rings. The smallest absolute Gasteiger partial charge is 0.236 e. The number of nitrogens with zero attached hydrogens (tertiary/aromatic N) is 2. The van der Waals surface area contributed by atoms with E-state index in [1.807, 2.05) is 11.0 Å². The molecule has 28 heavy (non-hydrogen) atoms. The molecule has 146 valence electrons. The number of hydrogen-bond donors (Lipinski definition) is 0. The van der Waals surface area contributed by atoms with E-state index in [-0.39, 0.29) is 17.6 Å². The SMILES string of the molecule is O=C(c1ccc2c3c(cccc13)CC2)[C@H]1CCCN(C(=O)CN2CCCC2)C1. The Hall–Kier alpha value is -2.20. The van der Waals surface area contributed by atoms with Gasteiger partial charge in [0.1, 0.15) is 0 Å². The zero-order chi connectivity index (χ0) is 19.1. The Morgan fingerprint density at radius 2 is 1.71 bits per heavy atom. The van der Waals surface area contributed by atoms with Crippen LogP contribution in [0, 0.1) is 5.92 Å². The number of piperidine rings is 1. The molecule has 0 unspecified atom stereocenters. The monoisotopic (exact) mass is 376 g/mol. The average molecular weight is 377 g/mol. The second-order valence-corrected chi connectivity index (χ2v) is 8.64. The molecule has 0 N–H and O–H groups in total. The van der Waals surface area contributed by atoms with Gasteiger partial charge in [0, 0.05) is 24.6 Å². The molecule has 3 aliphatic rings. The van der Waals surface area contributed by atoms with Crippen LogP contribution in [-0.2, 0) is 17.6 Å². The number of carbonyl (C=O) groups is 2. The Bertz CT molecular complexity index is 919. The molecule has 2 aromatic carbocycles. The topological polar surface area (TPSA) is 40.6 Å². The van der Waals surface area contributed by atoms with Gasteiger partial charge in [-0.15, -0.1) is 0 Å². The van der Waals surface area contributed by atoms with E-state index in [2.05, 4.69) is 29.2 Å². The van der Waals surface area contributed by atoms with Crippen LogP contribution in [-0.4, -0.2) is 54.2 Å². The van der Waals surface area contributed by atoms with Gasteiger partial charge < -0.3 is 4.90 Å². The van der Waals surface area contributed by atoms with Crippen molar-refractivity contribution in [1.29, 1.82) is 0 Å². The predicted octanol–water partition coefficient (Wildman–Crippen LogP) is 3.46. The van der Waals surface area contributed by atoms with Crippen LogP contribution < -0.4 is 0 Å². The number of ketones is 1. The van der Waals surface area contributed by atoms with Crippen LogP contribution in [0.2, 0.25) is 0 Å². The van der Waals surface area contributed by atoms with Crippen molar-refractivity contribution < 1.29 is 9.59 Å². The molecule has 1 aliphatic carbocycles. The highest BCUT2D eigenvalue weighted by Gasteiger charge is 2.31. The molecule has 1 amide bonds. The van der Waals surface area contributed by atoms with Gasteiger partial charge in [-0.3, -0.25) is 14.5 Å². The van der Waals surface area contributed by atoms with Gasteiger partial charge >= 0.3 is 0 Å². The quantitative estimate of drug-likeness (QED) is 0.768. The van der Waals surface area contributed by atoms with Crippen LogP contribution in [0.3, 0.4) is 0 Å². The number of benzene rings is 2. The molecule has 0 aromatic heterocycles. The molecule has 0 radical (unpaired) electrons. The lowest BCUT2D eigenvalue weighted by Gasteiger charge is -2.33. The molecule has 0 bridgehead atoms. The summed E-state index contributed by atoms with van der Waals surface area (Å²) in [5.41, 5.74) is 3.59. The van der Waals surface area contributed by atoms with E-state index >= 15 is 0 Å². The van der Waals surface area contributed by atoms with Crippen molar-refractivity contribution in [3.63, 3.8) is 0 Å². The van der Waals surface area contributed by atoms with Crippen molar-refractivity contribution in [2.45, 2.75) is 38.5 Å². The standard InChI is InChI=1S/C24H28N2O2/c27-22(16-25-12-1-2-13-25)26-14-4-6-19(15-26)24(28)21-11-10-18-9-8-17-5-3-7-20(21)23(17)18/h3,5,7,10-11,19H,1-2,4,6,8-9,12-16H2/t19-/m0/s1. The van der Waals surface area contributed by atoms with E-state index in [0.717, 1.165) is 56.3 Å². The van der Waals surface area contributed by atoms with Crippen molar-refractivity contribution in [3.8, 4) is 0 Å². The highest BCUT2D eigenvalue weighted by atomic mass is 16.2. The fourth-order valence-corrected chi connectivity index (χ4v) is 5.33. The summed E-state index contributed by atoms with van der Waals surface area (Å²) in [6, 6.07) is 10.5. The summed E-state index contributed by atoms with van der Waals surface area (Å²) in [5, 5.41) is 2.41. The molecule has 2 fully saturated rings. The van der Waals surface area contributed by atoms with Gasteiger partial charge in [-0.05, 0) is 73.5 Å². The van der Waals surface area contributed by atoms with E-state index in [0.29, 0.717) is 13.1 Å². The van der Waals surface area contributed by atoms with Crippen LogP contribution in [0.15, 0.2) is 30.3 Å². The van der Waals surface area contributed by atoms with E-state index in [1.165, 1.54) is 29.4 Å². The molecule has 4 heteroatoms. The van der Waals surface area contributed by atoms with Crippen LogP contribution in [0.25, 0.3) is 10.8 Å². The molecule has 0 spiro atoms. The maximum absolute atomic E-state index is 13.4. The summed E-state index contributed by atoms with van der Waals surface area (Å²) in [5.74, 6) is 0.337. The second-order valence-electron chi connectivity index (χ2n) is 8.64.